The summed E-state index contributed by atoms with van der Waals surface area (Å²) in [5.41, 5.74) is 1.21. The number of rotatable bonds is 5. The van der Waals surface area contributed by atoms with Crippen molar-refractivity contribution in [2.75, 3.05) is 20.7 Å². The van der Waals surface area contributed by atoms with E-state index in [-0.39, 0.29) is 11.8 Å². The van der Waals surface area contributed by atoms with Crippen LogP contribution in [0.2, 0.25) is 0 Å². The van der Waals surface area contributed by atoms with E-state index in [1.54, 1.807) is 32.0 Å². The number of aryl methyl sites for hydroxylation is 1. The van der Waals surface area contributed by atoms with Crippen molar-refractivity contribution in [2.24, 2.45) is 0 Å². The van der Waals surface area contributed by atoms with Crippen LogP contribution in [0.25, 0.3) is 11.0 Å². The van der Waals surface area contributed by atoms with E-state index in [1.807, 2.05) is 19.1 Å². The van der Waals surface area contributed by atoms with Crippen LogP contribution in [-0.2, 0) is 0 Å². The van der Waals surface area contributed by atoms with Gasteiger partial charge >= 0.3 is 0 Å². The van der Waals surface area contributed by atoms with Crippen LogP contribution in [0.15, 0.2) is 22.6 Å². The van der Waals surface area contributed by atoms with Gasteiger partial charge in [-0.2, -0.15) is 5.21 Å². The second-order valence-corrected chi connectivity index (χ2v) is 5.75. The van der Waals surface area contributed by atoms with Crippen LogP contribution >= 0.6 is 0 Å². The Labute approximate surface area is 138 Å². The molecule has 0 spiro atoms. The maximum Gasteiger partial charge on any atom is 0.257 e. The predicted molar refractivity (Wildman–Crippen MR) is 87.1 cm³/mol. The normalized spacial score (nSPS) is 12.3. The Morgan fingerprint density at radius 2 is 2.25 bits per heavy atom. The number of ether oxygens (including phenoxy) is 1. The van der Waals surface area contributed by atoms with Crippen molar-refractivity contribution in [3.05, 3.63) is 35.3 Å². The number of hydrogen-bond donors (Lipinski definition) is 1. The Hall–Kier alpha value is -2.90. The maximum absolute atomic E-state index is 12.9. The minimum Gasteiger partial charge on any atom is -0.497 e. The van der Waals surface area contributed by atoms with E-state index in [1.165, 1.54) is 0 Å². The molecule has 8 nitrogen and oxygen atoms in total. The third kappa shape index (κ3) is 2.82. The molecule has 0 saturated carbocycles. The van der Waals surface area contributed by atoms with Crippen LogP contribution in [0.1, 0.15) is 34.8 Å². The van der Waals surface area contributed by atoms with Gasteiger partial charge in [0.1, 0.15) is 17.1 Å². The lowest BCUT2D eigenvalue weighted by atomic mass is 10.1. The van der Waals surface area contributed by atoms with Crippen molar-refractivity contribution in [2.45, 2.75) is 19.8 Å². The highest BCUT2D eigenvalue weighted by molar-refractivity contribution is 6.07. The van der Waals surface area contributed by atoms with Gasteiger partial charge in [0.05, 0.1) is 12.7 Å². The lowest BCUT2D eigenvalue weighted by Crippen LogP contribution is -2.31. The minimum absolute atomic E-state index is 0.0364. The summed E-state index contributed by atoms with van der Waals surface area (Å²) in [6.45, 7) is 4.20. The quantitative estimate of drug-likeness (QED) is 0.770. The molecule has 3 aromatic rings. The number of aromatic amines is 1. The molecule has 0 fully saturated rings. The fourth-order valence-electron chi connectivity index (χ4n) is 2.74. The molecule has 1 atom stereocenters. The molecule has 1 aromatic carbocycles. The van der Waals surface area contributed by atoms with E-state index >= 15 is 0 Å². The molecule has 0 unspecified atom stereocenters. The van der Waals surface area contributed by atoms with Gasteiger partial charge in [0.15, 0.2) is 5.82 Å². The van der Waals surface area contributed by atoms with Gasteiger partial charge in [-0.25, -0.2) is 0 Å². The van der Waals surface area contributed by atoms with Gasteiger partial charge in [-0.15, -0.1) is 10.2 Å². The number of benzene rings is 1. The standard InChI is InChI=1S/C16H19N5O3/c1-9(15-17-19-20-18-15)8-21(3)16(22)14-10(2)24-13-6-5-11(23-4)7-12(13)14/h5-7,9H,8H2,1-4H3,(H,17,18,19,20)/t9-/m0/s1. The average Bonchev–Trinajstić information content (AvgIpc) is 3.20. The van der Waals surface area contributed by atoms with Gasteiger partial charge < -0.3 is 14.1 Å². The van der Waals surface area contributed by atoms with Crippen LogP contribution in [0.3, 0.4) is 0 Å². The van der Waals surface area contributed by atoms with Crippen molar-refractivity contribution in [3.8, 4) is 5.75 Å². The Kier molecular flexibility index (Phi) is 4.20. The van der Waals surface area contributed by atoms with Crippen LogP contribution in [-0.4, -0.2) is 52.1 Å². The molecule has 0 aliphatic rings. The molecule has 3 rings (SSSR count). The maximum atomic E-state index is 12.9. The van der Waals surface area contributed by atoms with E-state index in [0.29, 0.717) is 35.0 Å². The summed E-state index contributed by atoms with van der Waals surface area (Å²) in [5.74, 6) is 1.69. The summed E-state index contributed by atoms with van der Waals surface area (Å²) in [6.07, 6.45) is 0. The van der Waals surface area contributed by atoms with E-state index < -0.39 is 0 Å². The third-order valence-electron chi connectivity index (χ3n) is 3.98. The van der Waals surface area contributed by atoms with Crippen molar-refractivity contribution in [1.29, 1.82) is 0 Å². The largest absolute Gasteiger partial charge is 0.497 e. The summed E-state index contributed by atoms with van der Waals surface area (Å²) in [5, 5.41) is 14.6. The number of methoxy groups -OCH3 is 1. The summed E-state index contributed by atoms with van der Waals surface area (Å²) >= 11 is 0. The summed E-state index contributed by atoms with van der Waals surface area (Å²) in [4.78, 5) is 14.5. The first kappa shape index (κ1) is 16.0. The number of likely N-dealkylation sites (N-methyl/N-ethyl adjacent to an activating group) is 1. The molecular formula is C16H19N5O3. The first-order valence-corrected chi connectivity index (χ1v) is 7.57. The Morgan fingerprint density at radius 1 is 1.46 bits per heavy atom. The number of tetrazole rings is 1. The molecular weight excluding hydrogens is 310 g/mol. The zero-order chi connectivity index (χ0) is 17.3. The van der Waals surface area contributed by atoms with E-state index in [4.69, 9.17) is 9.15 Å². The number of nitrogens with one attached hydrogen (secondary N) is 1. The minimum atomic E-state index is -0.116. The fraction of sp³-hybridized carbons (Fsp3) is 0.375. The van der Waals surface area contributed by atoms with Crippen molar-refractivity contribution in [3.63, 3.8) is 0 Å². The molecule has 2 aromatic heterocycles. The molecule has 0 aliphatic carbocycles. The van der Waals surface area contributed by atoms with Crippen molar-refractivity contribution >= 4 is 16.9 Å². The number of amides is 1. The number of carbonyl (C=O) groups is 1. The monoisotopic (exact) mass is 329 g/mol. The molecule has 126 valence electrons. The molecule has 0 aliphatic heterocycles. The number of furan rings is 1. The Balaban J connectivity index is 1.88. The zero-order valence-electron chi connectivity index (χ0n) is 14.0. The topological polar surface area (TPSA) is 97.1 Å². The lowest BCUT2D eigenvalue weighted by molar-refractivity contribution is 0.0787. The molecule has 8 heteroatoms. The van der Waals surface area contributed by atoms with E-state index in [9.17, 15) is 4.79 Å². The van der Waals surface area contributed by atoms with Crippen LogP contribution in [0, 0.1) is 6.92 Å². The zero-order valence-corrected chi connectivity index (χ0v) is 14.0. The number of H-pyrrole nitrogens is 1. The second-order valence-electron chi connectivity index (χ2n) is 5.75. The molecule has 1 N–H and O–H groups in total. The molecule has 0 saturated heterocycles. The van der Waals surface area contributed by atoms with Crippen LogP contribution < -0.4 is 4.74 Å². The average molecular weight is 329 g/mol. The fourth-order valence-corrected chi connectivity index (χ4v) is 2.74. The van der Waals surface area contributed by atoms with Gasteiger partial charge in [0.2, 0.25) is 0 Å². The highest BCUT2D eigenvalue weighted by atomic mass is 16.5. The summed E-state index contributed by atoms with van der Waals surface area (Å²) in [7, 11) is 3.34. The molecule has 1 amide bonds. The SMILES string of the molecule is COc1ccc2oc(C)c(C(=O)N(C)C[C@H](C)c3nn[nH]n3)c2c1. The van der Waals surface area contributed by atoms with Crippen molar-refractivity contribution in [1.82, 2.24) is 25.5 Å². The molecule has 24 heavy (non-hydrogen) atoms. The number of nitrogens with zero attached hydrogens (tertiary/aromatic N) is 4. The van der Waals surface area contributed by atoms with Gasteiger partial charge in [0.25, 0.3) is 5.91 Å². The van der Waals surface area contributed by atoms with Crippen LogP contribution in [0.5, 0.6) is 5.75 Å². The molecule has 2 heterocycles. The van der Waals surface area contributed by atoms with Crippen molar-refractivity contribution < 1.29 is 13.9 Å². The molecule has 0 bridgehead atoms. The molecule has 0 radical (unpaired) electrons. The first-order chi connectivity index (χ1) is 11.5. The van der Waals surface area contributed by atoms with E-state index in [2.05, 4.69) is 20.6 Å². The summed E-state index contributed by atoms with van der Waals surface area (Å²) < 4.78 is 11.0. The number of aromatic nitrogens is 4. The highest BCUT2D eigenvalue weighted by Crippen LogP contribution is 2.30. The van der Waals surface area contributed by atoms with Gasteiger partial charge in [-0.3, -0.25) is 4.79 Å². The van der Waals surface area contributed by atoms with Crippen LogP contribution in [0.4, 0.5) is 0 Å². The smallest absolute Gasteiger partial charge is 0.257 e. The highest BCUT2D eigenvalue weighted by Gasteiger charge is 2.24. The number of hydrogen-bond acceptors (Lipinski definition) is 6. The number of fused-ring (bicyclic) bond motifs is 1. The van der Waals surface area contributed by atoms with Gasteiger partial charge in [-0.1, -0.05) is 12.1 Å². The number of carbonyl (C=O) groups excluding carboxylic acids is 1. The van der Waals surface area contributed by atoms with Gasteiger partial charge in [-0.05, 0) is 25.1 Å². The van der Waals surface area contributed by atoms with E-state index in [0.717, 1.165) is 5.39 Å². The third-order valence-corrected chi connectivity index (χ3v) is 3.98. The second kappa shape index (κ2) is 6.31. The summed E-state index contributed by atoms with van der Waals surface area (Å²) in [6, 6.07) is 5.43. The Bertz CT molecular complexity index is 856. The Morgan fingerprint density at radius 3 is 2.92 bits per heavy atom. The first-order valence-electron chi connectivity index (χ1n) is 7.57. The lowest BCUT2D eigenvalue weighted by Gasteiger charge is -2.19. The predicted octanol–water partition coefficient (Wildman–Crippen LogP) is 2.14. The van der Waals surface area contributed by atoms with Gasteiger partial charge in [0, 0.05) is 24.9 Å².